The predicted molar refractivity (Wildman–Crippen MR) is 47.8 cm³/mol. The Morgan fingerprint density at radius 1 is 1.50 bits per heavy atom. The summed E-state index contributed by atoms with van der Waals surface area (Å²) >= 11 is 1.51. The number of thioether (sulfide) groups is 1. The lowest BCUT2D eigenvalue weighted by Gasteiger charge is -1.96. The van der Waals surface area contributed by atoms with E-state index in [0.717, 1.165) is 10.4 Å². The van der Waals surface area contributed by atoms with E-state index in [1.807, 2.05) is 12.3 Å². The predicted octanol–water partition coefficient (Wildman–Crippen LogP) is 2.42. The summed E-state index contributed by atoms with van der Waals surface area (Å²) in [5.74, 6) is -0.266. The number of H-pyrrole nitrogens is 1. The summed E-state index contributed by atoms with van der Waals surface area (Å²) in [6.07, 6.45) is 3.41. The Hall–Kier alpha value is -1.03. The van der Waals surface area contributed by atoms with E-state index in [4.69, 9.17) is 0 Å². The van der Waals surface area contributed by atoms with Gasteiger partial charge in [0.2, 0.25) is 0 Å². The Labute approximate surface area is 73.2 Å². The molecule has 4 heteroatoms. The van der Waals surface area contributed by atoms with Crippen molar-refractivity contribution in [2.45, 2.75) is 4.90 Å². The molecule has 2 aromatic rings. The molecule has 1 aromatic carbocycles. The molecular formula is C8H7FN2S. The number of nitrogens with one attached hydrogen (secondary N) is 1. The van der Waals surface area contributed by atoms with Crippen LogP contribution >= 0.6 is 11.8 Å². The van der Waals surface area contributed by atoms with Gasteiger partial charge in [0.25, 0.3) is 0 Å². The Kier molecular flexibility index (Phi) is 1.77. The average Bonchev–Trinajstić information content (AvgIpc) is 2.52. The molecule has 0 amide bonds. The number of rotatable bonds is 1. The lowest BCUT2D eigenvalue weighted by Crippen LogP contribution is -1.79. The normalized spacial score (nSPS) is 10.8. The molecular weight excluding hydrogens is 175 g/mol. The number of imidazole rings is 1. The van der Waals surface area contributed by atoms with Crippen molar-refractivity contribution in [3.05, 3.63) is 24.3 Å². The largest absolute Gasteiger partial charge is 0.344 e. The molecule has 0 saturated heterocycles. The number of benzene rings is 1. The topological polar surface area (TPSA) is 28.7 Å². The van der Waals surface area contributed by atoms with Gasteiger partial charge in [-0.2, -0.15) is 0 Å². The van der Waals surface area contributed by atoms with Crippen molar-refractivity contribution in [1.29, 1.82) is 0 Å². The summed E-state index contributed by atoms with van der Waals surface area (Å²) in [6.45, 7) is 0. The monoisotopic (exact) mass is 182 g/mol. The van der Waals surface area contributed by atoms with E-state index in [9.17, 15) is 4.39 Å². The first-order valence-corrected chi connectivity index (χ1v) is 4.70. The average molecular weight is 182 g/mol. The van der Waals surface area contributed by atoms with Gasteiger partial charge in [0, 0.05) is 4.90 Å². The van der Waals surface area contributed by atoms with E-state index in [-0.39, 0.29) is 5.82 Å². The molecule has 0 spiro atoms. The highest BCUT2D eigenvalue weighted by atomic mass is 32.2. The Balaban J connectivity index is 2.75. The number of aromatic amines is 1. The van der Waals surface area contributed by atoms with Gasteiger partial charge >= 0.3 is 0 Å². The maximum absolute atomic E-state index is 13.2. The van der Waals surface area contributed by atoms with Gasteiger partial charge in [-0.1, -0.05) is 0 Å². The molecule has 12 heavy (non-hydrogen) atoms. The second-order valence-electron chi connectivity index (χ2n) is 2.41. The maximum atomic E-state index is 13.2. The maximum Gasteiger partial charge on any atom is 0.152 e. The third kappa shape index (κ3) is 1.08. The van der Waals surface area contributed by atoms with E-state index in [2.05, 4.69) is 9.97 Å². The van der Waals surface area contributed by atoms with Crippen molar-refractivity contribution in [2.24, 2.45) is 0 Å². The van der Waals surface area contributed by atoms with E-state index >= 15 is 0 Å². The smallest absolute Gasteiger partial charge is 0.152 e. The van der Waals surface area contributed by atoms with Crippen molar-refractivity contribution >= 4 is 22.8 Å². The number of fused-ring (bicyclic) bond motifs is 1. The van der Waals surface area contributed by atoms with Gasteiger partial charge in [-0.3, -0.25) is 0 Å². The Morgan fingerprint density at radius 3 is 3.08 bits per heavy atom. The summed E-state index contributed by atoms with van der Waals surface area (Å²) in [5.41, 5.74) is 1.16. The lowest BCUT2D eigenvalue weighted by atomic mass is 10.3. The van der Waals surface area contributed by atoms with Crippen LogP contribution in [0.5, 0.6) is 0 Å². The first-order chi connectivity index (χ1) is 5.81. The van der Waals surface area contributed by atoms with Crippen LogP contribution < -0.4 is 0 Å². The number of hydrogen-bond acceptors (Lipinski definition) is 2. The van der Waals surface area contributed by atoms with Crippen LogP contribution in [0.15, 0.2) is 23.4 Å². The van der Waals surface area contributed by atoms with E-state index < -0.39 is 0 Å². The zero-order valence-electron chi connectivity index (χ0n) is 6.47. The van der Waals surface area contributed by atoms with Crippen LogP contribution in [0.25, 0.3) is 11.0 Å². The van der Waals surface area contributed by atoms with Crippen LogP contribution in [0, 0.1) is 5.82 Å². The van der Waals surface area contributed by atoms with Crippen LogP contribution in [0.4, 0.5) is 4.39 Å². The van der Waals surface area contributed by atoms with Gasteiger partial charge in [0.1, 0.15) is 5.52 Å². The van der Waals surface area contributed by atoms with Gasteiger partial charge in [-0.15, -0.1) is 11.8 Å². The minimum Gasteiger partial charge on any atom is -0.344 e. The second kappa shape index (κ2) is 2.79. The van der Waals surface area contributed by atoms with Crippen molar-refractivity contribution < 1.29 is 4.39 Å². The molecule has 0 aliphatic carbocycles. The fourth-order valence-electron chi connectivity index (χ4n) is 1.10. The Bertz CT molecular complexity index is 410. The fraction of sp³-hybridized carbons (Fsp3) is 0.125. The molecule has 0 atom stereocenters. The highest BCUT2D eigenvalue weighted by Gasteiger charge is 2.04. The summed E-state index contributed by atoms with van der Waals surface area (Å²) < 4.78 is 13.2. The summed E-state index contributed by atoms with van der Waals surface area (Å²) in [4.78, 5) is 7.63. The van der Waals surface area contributed by atoms with Crippen molar-refractivity contribution in [1.82, 2.24) is 9.97 Å². The first-order valence-electron chi connectivity index (χ1n) is 3.48. The van der Waals surface area contributed by atoms with Crippen molar-refractivity contribution in [3.63, 3.8) is 0 Å². The molecule has 0 fully saturated rings. The zero-order chi connectivity index (χ0) is 8.55. The molecule has 0 saturated carbocycles. The van der Waals surface area contributed by atoms with Gasteiger partial charge in [-0.25, -0.2) is 9.37 Å². The number of aromatic nitrogens is 2. The third-order valence-electron chi connectivity index (χ3n) is 1.69. The second-order valence-corrected chi connectivity index (χ2v) is 3.29. The van der Waals surface area contributed by atoms with Crippen molar-refractivity contribution in [2.75, 3.05) is 6.26 Å². The van der Waals surface area contributed by atoms with Crippen LogP contribution in [0.3, 0.4) is 0 Å². The highest BCUT2D eigenvalue weighted by Crippen LogP contribution is 2.22. The molecule has 1 heterocycles. The molecule has 1 N–H and O–H groups in total. The fourth-order valence-corrected chi connectivity index (χ4v) is 1.56. The van der Waals surface area contributed by atoms with Crippen LogP contribution in [-0.4, -0.2) is 16.2 Å². The van der Waals surface area contributed by atoms with Crippen molar-refractivity contribution in [3.8, 4) is 0 Å². The molecule has 0 radical (unpaired) electrons. The summed E-state index contributed by atoms with van der Waals surface area (Å²) in [7, 11) is 0. The third-order valence-corrected chi connectivity index (χ3v) is 2.39. The molecule has 2 nitrogen and oxygen atoms in total. The molecule has 62 valence electrons. The van der Waals surface area contributed by atoms with Gasteiger partial charge in [0.05, 0.1) is 11.8 Å². The summed E-state index contributed by atoms with van der Waals surface area (Å²) in [6, 6.07) is 3.38. The summed E-state index contributed by atoms with van der Waals surface area (Å²) in [5, 5.41) is 0. The van der Waals surface area contributed by atoms with Crippen LogP contribution in [0.2, 0.25) is 0 Å². The highest BCUT2D eigenvalue weighted by molar-refractivity contribution is 7.98. The van der Waals surface area contributed by atoms with E-state index in [0.29, 0.717) is 5.52 Å². The minimum atomic E-state index is -0.266. The van der Waals surface area contributed by atoms with E-state index in [1.165, 1.54) is 24.2 Å². The molecule has 0 bridgehead atoms. The standard InChI is InChI=1S/C8H7FN2S/c1-12-5-2-6(9)8-7(3-5)10-4-11-8/h2-4H,1H3,(H,10,11). The zero-order valence-corrected chi connectivity index (χ0v) is 7.28. The number of hydrogen-bond donors (Lipinski definition) is 1. The van der Waals surface area contributed by atoms with E-state index in [1.54, 1.807) is 0 Å². The number of nitrogens with zero attached hydrogens (tertiary/aromatic N) is 1. The SMILES string of the molecule is CSc1cc(F)c2nc[nH]c2c1. The number of halogens is 1. The quantitative estimate of drug-likeness (QED) is 0.686. The minimum absolute atomic E-state index is 0.266. The Morgan fingerprint density at radius 2 is 2.33 bits per heavy atom. The molecule has 0 aliphatic heterocycles. The van der Waals surface area contributed by atoms with Gasteiger partial charge < -0.3 is 4.98 Å². The van der Waals surface area contributed by atoms with Gasteiger partial charge in [0.15, 0.2) is 5.82 Å². The first kappa shape index (κ1) is 7.61. The molecule has 0 unspecified atom stereocenters. The molecule has 2 rings (SSSR count). The van der Waals surface area contributed by atoms with Crippen LogP contribution in [-0.2, 0) is 0 Å². The van der Waals surface area contributed by atoms with Gasteiger partial charge in [-0.05, 0) is 18.4 Å². The molecule has 0 aliphatic rings. The lowest BCUT2D eigenvalue weighted by molar-refractivity contribution is 0.634. The van der Waals surface area contributed by atoms with Crippen LogP contribution in [0.1, 0.15) is 0 Å². The molecule has 1 aromatic heterocycles.